The number of benzene rings is 1. The van der Waals surface area contributed by atoms with Crippen LogP contribution in [-0.4, -0.2) is 17.7 Å². The Labute approximate surface area is 113 Å². The number of thioether (sulfide) groups is 1. The Morgan fingerprint density at radius 2 is 2.11 bits per heavy atom. The number of carbonyl (C=O) groups is 1. The van der Waals surface area contributed by atoms with E-state index in [4.69, 9.17) is 5.73 Å². The summed E-state index contributed by atoms with van der Waals surface area (Å²) in [6.45, 7) is 7.02. The van der Waals surface area contributed by atoms with Crippen LogP contribution in [0.2, 0.25) is 0 Å². The smallest absolute Gasteiger partial charge is 0.237 e. The van der Waals surface area contributed by atoms with Crippen LogP contribution in [0.5, 0.6) is 0 Å². The Morgan fingerprint density at radius 1 is 1.39 bits per heavy atom. The number of carbonyl (C=O) groups excluding carboxylic acids is 1. The van der Waals surface area contributed by atoms with Crippen LogP contribution in [0.1, 0.15) is 32.8 Å². The molecule has 1 unspecified atom stereocenters. The first-order chi connectivity index (χ1) is 8.43. The molecule has 2 rings (SSSR count). The van der Waals surface area contributed by atoms with E-state index in [1.54, 1.807) is 11.8 Å². The third-order valence-corrected chi connectivity index (χ3v) is 4.40. The van der Waals surface area contributed by atoms with E-state index in [1.165, 1.54) is 5.56 Å². The van der Waals surface area contributed by atoms with Crippen LogP contribution < -0.4 is 11.1 Å². The van der Waals surface area contributed by atoms with Crippen molar-refractivity contribution in [2.45, 2.75) is 42.8 Å². The van der Waals surface area contributed by atoms with Crippen LogP contribution in [-0.2, 0) is 10.2 Å². The first-order valence-corrected chi connectivity index (χ1v) is 7.12. The normalized spacial score (nSPS) is 19.3. The summed E-state index contributed by atoms with van der Waals surface area (Å²) in [5, 5.41) is 3.00. The summed E-state index contributed by atoms with van der Waals surface area (Å²) in [6.07, 6.45) is 0.718. The Hall–Kier alpha value is -1.000. The number of amides is 1. The maximum atomic E-state index is 12.0. The highest BCUT2D eigenvalue weighted by Gasteiger charge is 2.30. The molecule has 1 heterocycles. The number of hydrogen-bond acceptors (Lipinski definition) is 3. The molecule has 0 fully saturated rings. The molecular weight excluding hydrogens is 244 g/mol. The second-order valence-electron chi connectivity index (χ2n) is 5.60. The monoisotopic (exact) mass is 264 g/mol. The van der Waals surface area contributed by atoms with Crippen molar-refractivity contribution in [2.75, 3.05) is 11.9 Å². The summed E-state index contributed by atoms with van der Waals surface area (Å²) in [4.78, 5) is 13.2. The molecule has 0 saturated carbocycles. The van der Waals surface area contributed by atoms with Gasteiger partial charge in [-0.3, -0.25) is 4.79 Å². The van der Waals surface area contributed by atoms with E-state index in [9.17, 15) is 4.79 Å². The lowest BCUT2D eigenvalue weighted by Gasteiger charge is -2.30. The minimum absolute atomic E-state index is 0.0277. The Balaban J connectivity index is 2.39. The van der Waals surface area contributed by atoms with E-state index in [0.717, 1.165) is 17.0 Å². The Kier molecular flexibility index (Phi) is 3.69. The summed E-state index contributed by atoms with van der Waals surface area (Å²) >= 11 is 1.63. The zero-order chi connectivity index (χ0) is 13.3. The molecule has 1 aliphatic heterocycles. The molecule has 1 aromatic rings. The predicted molar refractivity (Wildman–Crippen MR) is 77.1 cm³/mol. The molecule has 0 spiro atoms. The fraction of sp³-hybridized carbons (Fsp3) is 0.500. The molecule has 4 heteroatoms. The van der Waals surface area contributed by atoms with Gasteiger partial charge in [0, 0.05) is 4.90 Å². The van der Waals surface area contributed by atoms with Gasteiger partial charge in [0.1, 0.15) is 0 Å². The Morgan fingerprint density at radius 3 is 2.72 bits per heavy atom. The number of nitrogens with one attached hydrogen (secondary N) is 1. The number of nitrogens with two attached hydrogens (primary N) is 1. The van der Waals surface area contributed by atoms with Gasteiger partial charge in [-0.1, -0.05) is 32.9 Å². The minimum Gasteiger partial charge on any atom is -0.330 e. The topological polar surface area (TPSA) is 55.1 Å². The van der Waals surface area contributed by atoms with Crippen LogP contribution in [0.15, 0.2) is 23.1 Å². The molecule has 3 nitrogen and oxygen atoms in total. The van der Waals surface area contributed by atoms with Crippen molar-refractivity contribution in [1.29, 1.82) is 0 Å². The lowest BCUT2D eigenvalue weighted by atomic mass is 9.85. The highest BCUT2D eigenvalue weighted by atomic mass is 32.2. The van der Waals surface area contributed by atoms with Crippen molar-refractivity contribution in [3.8, 4) is 0 Å². The summed E-state index contributed by atoms with van der Waals surface area (Å²) in [6, 6.07) is 6.21. The summed E-state index contributed by atoms with van der Waals surface area (Å²) in [5.41, 5.74) is 7.74. The number of hydrogen-bond donors (Lipinski definition) is 2. The summed E-state index contributed by atoms with van der Waals surface area (Å²) in [7, 11) is 0. The van der Waals surface area contributed by atoms with Gasteiger partial charge in [0.25, 0.3) is 0 Å². The van der Waals surface area contributed by atoms with Crippen molar-refractivity contribution in [3.05, 3.63) is 23.8 Å². The molecule has 1 atom stereocenters. The quantitative estimate of drug-likeness (QED) is 0.863. The van der Waals surface area contributed by atoms with Crippen LogP contribution in [0.25, 0.3) is 0 Å². The largest absolute Gasteiger partial charge is 0.330 e. The van der Waals surface area contributed by atoms with Crippen LogP contribution in [0.4, 0.5) is 5.69 Å². The lowest BCUT2D eigenvalue weighted by Crippen LogP contribution is -2.32. The lowest BCUT2D eigenvalue weighted by molar-refractivity contribution is -0.115. The summed E-state index contributed by atoms with van der Waals surface area (Å²) < 4.78 is 0. The molecule has 0 bridgehead atoms. The number of anilines is 1. The van der Waals surface area contributed by atoms with Gasteiger partial charge in [-0.25, -0.2) is 0 Å². The van der Waals surface area contributed by atoms with Crippen molar-refractivity contribution in [3.63, 3.8) is 0 Å². The second kappa shape index (κ2) is 4.94. The zero-order valence-electron chi connectivity index (χ0n) is 11.1. The molecule has 1 amide bonds. The van der Waals surface area contributed by atoms with Gasteiger partial charge in [-0.05, 0) is 30.0 Å². The van der Waals surface area contributed by atoms with Crippen molar-refractivity contribution in [1.82, 2.24) is 0 Å². The van der Waals surface area contributed by atoms with E-state index in [1.807, 2.05) is 0 Å². The van der Waals surface area contributed by atoms with Gasteiger partial charge >= 0.3 is 0 Å². The molecule has 98 valence electrons. The Bertz CT molecular complexity index is 465. The zero-order valence-corrected chi connectivity index (χ0v) is 11.9. The number of fused-ring (bicyclic) bond motifs is 1. The average molecular weight is 264 g/mol. The highest BCUT2D eigenvalue weighted by Crippen LogP contribution is 2.42. The molecule has 0 saturated heterocycles. The number of rotatable bonds is 2. The van der Waals surface area contributed by atoms with Gasteiger partial charge in [-0.2, -0.15) is 0 Å². The van der Waals surface area contributed by atoms with Crippen LogP contribution >= 0.6 is 11.8 Å². The van der Waals surface area contributed by atoms with Crippen molar-refractivity contribution >= 4 is 23.4 Å². The summed E-state index contributed by atoms with van der Waals surface area (Å²) in [5.74, 6) is 0.0784. The van der Waals surface area contributed by atoms with Gasteiger partial charge in [0.2, 0.25) is 5.91 Å². The van der Waals surface area contributed by atoms with E-state index >= 15 is 0 Å². The number of para-hydroxylation sites is 1. The standard InChI is InChI=1S/C14H20N2OS/c1-14(2,3)9-5-4-6-10-12(9)16-13(17)11(18-10)7-8-15/h4-6,11H,7-8,15H2,1-3H3,(H,16,17). The molecule has 18 heavy (non-hydrogen) atoms. The molecule has 0 aliphatic carbocycles. The van der Waals surface area contributed by atoms with Gasteiger partial charge < -0.3 is 11.1 Å². The van der Waals surface area contributed by atoms with E-state index in [0.29, 0.717) is 6.54 Å². The molecular formula is C14H20N2OS. The first-order valence-electron chi connectivity index (χ1n) is 6.24. The van der Waals surface area contributed by atoms with Gasteiger partial charge in [0.15, 0.2) is 0 Å². The van der Waals surface area contributed by atoms with Crippen LogP contribution in [0, 0.1) is 0 Å². The maximum absolute atomic E-state index is 12.0. The molecule has 0 aromatic heterocycles. The van der Waals surface area contributed by atoms with Gasteiger partial charge in [0.05, 0.1) is 10.9 Å². The molecule has 3 N–H and O–H groups in total. The average Bonchev–Trinajstić information content (AvgIpc) is 2.28. The maximum Gasteiger partial charge on any atom is 0.237 e. The molecule has 0 radical (unpaired) electrons. The van der Waals surface area contributed by atoms with Crippen LogP contribution in [0.3, 0.4) is 0 Å². The second-order valence-corrected chi connectivity index (χ2v) is 6.85. The van der Waals surface area contributed by atoms with E-state index in [-0.39, 0.29) is 16.6 Å². The predicted octanol–water partition coefficient (Wildman–Crippen LogP) is 2.75. The third-order valence-electron chi connectivity index (χ3n) is 3.07. The highest BCUT2D eigenvalue weighted by molar-refractivity contribution is 8.01. The van der Waals surface area contributed by atoms with Crippen molar-refractivity contribution in [2.24, 2.45) is 5.73 Å². The fourth-order valence-electron chi connectivity index (χ4n) is 2.14. The molecule has 1 aliphatic rings. The van der Waals surface area contributed by atoms with E-state index in [2.05, 4.69) is 44.3 Å². The first kappa shape index (κ1) is 13.4. The van der Waals surface area contributed by atoms with Gasteiger partial charge in [-0.15, -0.1) is 11.8 Å². The molecule has 1 aromatic carbocycles. The fourth-order valence-corrected chi connectivity index (χ4v) is 3.30. The van der Waals surface area contributed by atoms with E-state index < -0.39 is 0 Å². The third kappa shape index (κ3) is 2.54. The minimum atomic E-state index is -0.0577. The SMILES string of the molecule is CC(C)(C)c1cccc2c1NC(=O)C(CCN)S2. The van der Waals surface area contributed by atoms with Crippen molar-refractivity contribution < 1.29 is 4.79 Å².